The van der Waals surface area contributed by atoms with Crippen LogP contribution in [-0.4, -0.2) is 32.3 Å². The molecule has 0 bridgehead atoms. The van der Waals surface area contributed by atoms with Crippen LogP contribution in [0.15, 0.2) is 18.2 Å². The first-order valence-electron chi connectivity index (χ1n) is 6.06. The summed E-state index contributed by atoms with van der Waals surface area (Å²) in [6.45, 7) is 4.73. The second-order valence-electron chi connectivity index (χ2n) is 4.83. The van der Waals surface area contributed by atoms with Crippen molar-refractivity contribution < 1.29 is 14.3 Å². The number of hydrogen-bond donors (Lipinski definition) is 1. The molecule has 1 N–H and O–H groups in total. The lowest BCUT2D eigenvalue weighted by atomic mass is 10.1. The third kappa shape index (κ3) is 4.73. The van der Waals surface area contributed by atoms with Crippen molar-refractivity contribution in [3.63, 3.8) is 0 Å². The molecule has 19 heavy (non-hydrogen) atoms. The topological polar surface area (TPSA) is 47.6 Å². The minimum absolute atomic E-state index is 0.195. The first kappa shape index (κ1) is 15.8. The Bertz CT molecular complexity index is 446. The SMILES string of the molecule is COC(=O)c1ccc(Cl)c(NCCC(C)(C)OC)c1. The van der Waals surface area contributed by atoms with E-state index in [0.29, 0.717) is 17.1 Å². The summed E-state index contributed by atoms with van der Waals surface area (Å²) in [5, 5.41) is 3.78. The maximum absolute atomic E-state index is 11.4. The molecule has 0 amide bonds. The third-order valence-electron chi connectivity index (χ3n) is 2.98. The van der Waals surface area contributed by atoms with Gasteiger partial charge in [0.1, 0.15) is 0 Å². The number of esters is 1. The van der Waals surface area contributed by atoms with E-state index in [9.17, 15) is 4.79 Å². The summed E-state index contributed by atoms with van der Waals surface area (Å²) in [6.07, 6.45) is 0.822. The molecule has 0 saturated carbocycles. The number of anilines is 1. The number of halogens is 1. The Kier molecular flexibility index (Phi) is 5.63. The van der Waals surface area contributed by atoms with Crippen LogP contribution in [0.4, 0.5) is 5.69 Å². The summed E-state index contributed by atoms with van der Waals surface area (Å²) in [4.78, 5) is 11.4. The van der Waals surface area contributed by atoms with E-state index < -0.39 is 0 Å². The third-order valence-corrected chi connectivity index (χ3v) is 3.31. The van der Waals surface area contributed by atoms with Crippen molar-refractivity contribution >= 4 is 23.3 Å². The molecular weight excluding hydrogens is 266 g/mol. The Morgan fingerprint density at radius 1 is 1.37 bits per heavy atom. The average molecular weight is 286 g/mol. The summed E-state index contributed by atoms with van der Waals surface area (Å²) in [5.74, 6) is -0.378. The lowest BCUT2D eigenvalue weighted by Crippen LogP contribution is -2.25. The number of carbonyl (C=O) groups excluding carboxylic acids is 1. The predicted molar refractivity (Wildman–Crippen MR) is 77.0 cm³/mol. The standard InChI is InChI=1S/C14H20ClNO3/c1-14(2,19-4)7-8-16-12-9-10(13(17)18-3)5-6-11(12)15/h5-6,9,16H,7-8H2,1-4H3. The van der Waals surface area contributed by atoms with Crippen LogP contribution in [-0.2, 0) is 9.47 Å². The van der Waals surface area contributed by atoms with Gasteiger partial charge in [0, 0.05) is 13.7 Å². The minimum Gasteiger partial charge on any atom is -0.465 e. The van der Waals surface area contributed by atoms with Crippen molar-refractivity contribution in [3.8, 4) is 0 Å². The average Bonchev–Trinajstić information content (AvgIpc) is 2.40. The highest BCUT2D eigenvalue weighted by atomic mass is 35.5. The van der Waals surface area contributed by atoms with Crippen LogP contribution in [0, 0.1) is 0 Å². The summed E-state index contributed by atoms with van der Waals surface area (Å²) in [7, 11) is 3.04. The number of nitrogens with one attached hydrogen (secondary N) is 1. The number of ether oxygens (including phenoxy) is 2. The zero-order chi connectivity index (χ0) is 14.5. The molecule has 0 heterocycles. The molecule has 0 spiro atoms. The van der Waals surface area contributed by atoms with Crippen molar-refractivity contribution in [2.75, 3.05) is 26.1 Å². The zero-order valence-electron chi connectivity index (χ0n) is 11.7. The van der Waals surface area contributed by atoms with Crippen LogP contribution in [0.25, 0.3) is 0 Å². The summed E-state index contributed by atoms with van der Waals surface area (Å²) in [5.41, 5.74) is 0.997. The number of methoxy groups -OCH3 is 2. The fourth-order valence-corrected chi connectivity index (χ4v) is 1.69. The largest absolute Gasteiger partial charge is 0.465 e. The van der Waals surface area contributed by atoms with Crippen molar-refractivity contribution in [1.82, 2.24) is 0 Å². The van der Waals surface area contributed by atoms with E-state index >= 15 is 0 Å². The number of carbonyl (C=O) groups is 1. The smallest absolute Gasteiger partial charge is 0.337 e. The van der Waals surface area contributed by atoms with Gasteiger partial charge in [-0.2, -0.15) is 0 Å². The van der Waals surface area contributed by atoms with Gasteiger partial charge < -0.3 is 14.8 Å². The first-order valence-corrected chi connectivity index (χ1v) is 6.44. The highest BCUT2D eigenvalue weighted by molar-refractivity contribution is 6.33. The Morgan fingerprint density at radius 2 is 2.05 bits per heavy atom. The lowest BCUT2D eigenvalue weighted by molar-refractivity contribution is 0.0185. The quantitative estimate of drug-likeness (QED) is 0.814. The van der Waals surface area contributed by atoms with Gasteiger partial charge in [0.05, 0.1) is 29.0 Å². The van der Waals surface area contributed by atoms with Crippen molar-refractivity contribution in [1.29, 1.82) is 0 Å². The molecule has 0 aliphatic carbocycles. The molecule has 0 fully saturated rings. The maximum atomic E-state index is 11.4. The summed E-state index contributed by atoms with van der Waals surface area (Å²) >= 11 is 6.08. The highest BCUT2D eigenvalue weighted by Crippen LogP contribution is 2.24. The van der Waals surface area contributed by atoms with Crippen LogP contribution in [0.2, 0.25) is 5.02 Å². The van der Waals surface area contributed by atoms with Gasteiger partial charge in [-0.05, 0) is 38.5 Å². The molecule has 4 nitrogen and oxygen atoms in total. The Balaban J connectivity index is 2.70. The fourth-order valence-electron chi connectivity index (χ4n) is 1.51. The van der Waals surface area contributed by atoms with Crippen LogP contribution in [0.1, 0.15) is 30.6 Å². The first-order chi connectivity index (χ1) is 8.89. The second kappa shape index (κ2) is 6.78. The van der Waals surface area contributed by atoms with Crippen LogP contribution in [0.5, 0.6) is 0 Å². The van der Waals surface area contributed by atoms with Gasteiger partial charge >= 0.3 is 5.97 Å². The van der Waals surface area contributed by atoms with Crippen molar-refractivity contribution in [2.45, 2.75) is 25.9 Å². The van der Waals surface area contributed by atoms with E-state index in [0.717, 1.165) is 12.1 Å². The van der Waals surface area contributed by atoms with E-state index in [-0.39, 0.29) is 11.6 Å². The van der Waals surface area contributed by atoms with E-state index in [1.54, 1.807) is 25.3 Å². The van der Waals surface area contributed by atoms with Gasteiger partial charge in [-0.3, -0.25) is 0 Å². The Morgan fingerprint density at radius 3 is 2.63 bits per heavy atom. The number of rotatable bonds is 6. The van der Waals surface area contributed by atoms with Gasteiger partial charge in [0.2, 0.25) is 0 Å². The van der Waals surface area contributed by atoms with Crippen LogP contribution in [0.3, 0.4) is 0 Å². The van der Waals surface area contributed by atoms with Crippen molar-refractivity contribution in [3.05, 3.63) is 28.8 Å². The predicted octanol–water partition coefficient (Wildman–Crippen LogP) is 3.35. The molecule has 0 aliphatic heterocycles. The molecule has 0 radical (unpaired) electrons. The van der Waals surface area contributed by atoms with E-state index in [2.05, 4.69) is 10.1 Å². The monoisotopic (exact) mass is 285 g/mol. The number of hydrogen-bond acceptors (Lipinski definition) is 4. The van der Waals surface area contributed by atoms with Crippen LogP contribution >= 0.6 is 11.6 Å². The van der Waals surface area contributed by atoms with Gasteiger partial charge in [-0.25, -0.2) is 4.79 Å². The van der Waals surface area contributed by atoms with Gasteiger partial charge in [0.25, 0.3) is 0 Å². The molecule has 1 aromatic rings. The highest BCUT2D eigenvalue weighted by Gasteiger charge is 2.16. The number of benzene rings is 1. The zero-order valence-corrected chi connectivity index (χ0v) is 12.5. The lowest BCUT2D eigenvalue weighted by Gasteiger charge is -2.23. The van der Waals surface area contributed by atoms with E-state index in [1.165, 1.54) is 7.11 Å². The molecule has 0 aromatic heterocycles. The molecule has 0 atom stereocenters. The Labute approximate surface area is 119 Å². The van der Waals surface area contributed by atoms with E-state index in [1.807, 2.05) is 13.8 Å². The molecule has 106 valence electrons. The van der Waals surface area contributed by atoms with Gasteiger partial charge in [-0.15, -0.1) is 0 Å². The fraction of sp³-hybridized carbons (Fsp3) is 0.500. The second-order valence-corrected chi connectivity index (χ2v) is 5.23. The molecule has 1 rings (SSSR count). The van der Waals surface area contributed by atoms with Crippen molar-refractivity contribution in [2.24, 2.45) is 0 Å². The minimum atomic E-state index is -0.378. The van der Waals surface area contributed by atoms with Gasteiger partial charge in [0.15, 0.2) is 0 Å². The molecule has 5 heteroatoms. The van der Waals surface area contributed by atoms with Crippen LogP contribution < -0.4 is 5.32 Å². The molecule has 0 aliphatic rings. The maximum Gasteiger partial charge on any atom is 0.337 e. The van der Waals surface area contributed by atoms with Gasteiger partial charge in [-0.1, -0.05) is 11.6 Å². The Hall–Kier alpha value is -1.26. The summed E-state index contributed by atoms with van der Waals surface area (Å²) in [6, 6.07) is 5.00. The molecule has 1 aromatic carbocycles. The molecule has 0 saturated heterocycles. The van der Waals surface area contributed by atoms with E-state index in [4.69, 9.17) is 16.3 Å². The normalized spacial score (nSPS) is 11.2. The molecule has 0 unspecified atom stereocenters. The summed E-state index contributed by atoms with van der Waals surface area (Å²) < 4.78 is 10.0. The molecular formula is C14H20ClNO3.